The van der Waals surface area contributed by atoms with Crippen molar-refractivity contribution >= 4 is 5.91 Å². The summed E-state index contributed by atoms with van der Waals surface area (Å²) >= 11 is 0. The Balaban J connectivity index is 1.60. The van der Waals surface area contributed by atoms with Crippen molar-refractivity contribution in [1.82, 2.24) is 9.88 Å². The lowest BCUT2D eigenvalue weighted by Gasteiger charge is -2.32. The van der Waals surface area contributed by atoms with Crippen molar-refractivity contribution in [2.45, 2.75) is 25.7 Å². The highest BCUT2D eigenvalue weighted by Crippen LogP contribution is 2.22. The Morgan fingerprint density at radius 3 is 2.79 bits per heavy atom. The largest absolute Gasteiger partial charge is 0.338 e. The molecule has 1 aromatic heterocycles. The molecule has 1 aliphatic rings. The molecular weight excluding hydrogens is 307 g/mol. The lowest BCUT2D eigenvalue weighted by molar-refractivity contribution is 0.0666. The van der Waals surface area contributed by atoms with Crippen LogP contribution >= 0.6 is 0 Å². The third-order valence-electron chi connectivity index (χ3n) is 4.61. The van der Waals surface area contributed by atoms with Crippen molar-refractivity contribution in [3.8, 4) is 0 Å². The van der Waals surface area contributed by atoms with Gasteiger partial charge in [-0.25, -0.2) is 4.39 Å². The van der Waals surface area contributed by atoms with Gasteiger partial charge in [-0.2, -0.15) is 0 Å². The number of aromatic amines is 1. The second kappa shape index (κ2) is 7.43. The van der Waals surface area contributed by atoms with Crippen molar-refractivity contribution in [3.63, 3.8) is 0 Å². The maximum Gasteiger partial charge on any atom is 0.260 e. The summed E-state index contributed by atoms with van der Waals surface area (Å²) in [5.41, 5.74) is 0.979. The van der Waals surface area contributed by atoms with Gasteiger partial charge in [-0.1, -0.05) is 12.1 Å². The van der Waals surface area contributed by atoms with Crippen molar-refractivity contribution in [1.29, 1.82) is 0 Å². The molecule has 24 heavy (non-hydrogen) atoms. The average Bonchev–Trinajstić information content (AvgIpc) is 2.61. The topological polar surface area (TPSA) is 53.2 Å². The number of amides is 1. The molecule has 126 valence electrons. The number of hydrogen-bond acceptors (Lipinski definition) is 2. The molecule has 1 saturated heterocycles. The Morgan fingerprint density at radius 2 is 2.04 bits per heavy atom. The van der Waals surface area contributed by atoms with Crippen LogP contribution in [0.4, 0.5) is 4.39 Å². The molecule has 2 heterocycles. The number of halogens is 1. The van der Waals surface area contributed by atoms with Crippen LogP contribution in [0.15, 0.2) is 47.4 Å². The van der Waals surface area contributed by atoms with Crippen molar-refractivity contribution in [2.75, 3.05) is 13.1 Å². The van der Waals surface area contributed by atoms with Gasteiger partial charge in [0.1, 0.15) is 11.4 Å². The SMILES string of the molecule is O=C(c1ccc[nH]c1=O)N1CCC[C@@H](CCc2ccc(F)cc2)C1. The summed E-state index contributed by atoms with van der Waals surface area (Å²) < 4.78 is 12.9. The second-order valence-corrected chi connectivity index (χ2v) is 6.34. The molecule has 0 radical (unpaired) electrons. The van der Waals surface area contributed by atoms with Gasteiger partial charge < -0.3 is 9.88 Å². The van der Waals surface area contributed by atoms with Gasteiger partial charge in [0, 0.05) is 19.3 Å². The van der Waals surface area contributed by atoms with Crippen molar-refractivity contribution in [2.24, 2.45) is 5.92 Å². The maximum absolute atomic E-state index is 12.9. The Labute approximate surface area is 140 Å². The third-order valence-corrected chi connectivity index (χ3v) is 4.61. The number of carbonyl (C=O) groups is 1. The van der Waals surface area contributed by atoms with Crippen LogP contribution in [0.5, 0.6) is 0 Å². The van der Waals surface area contributed by atoms with E-state index >= 15 is 0 Å². The van der Waals surface area contributed by atoms with Crippen molar-refractivity contribution < 1.29 is 9.18 Å². The van der Waals surface area contributed by atoms with E-state index in [0.29, 0.717) is 19.0 Å². The normalized spacial score (nSPS) is 17.7. The predicted molar refractivity (Wildman–Crippen MR) is 90.4 cm³/mol. The van der Waals surface area contributed by atoms with Crippen molar-refractivity contribution in [3.05, 3.63) is 69.9 Å². The summed E-state index contributed by atoms with van der Waals surface area (Å²) in [4.78, 5) is 28.7. The third kappa shape index (κ3) is 3.91. The minimum atomic E-state index is -0.337. The van der Waals surface area contributed by atoms with E-state index in [0.717, 1.165) is 31.2 Å². The second-order valence-electron chi connectivity index (χ2n) is 6.34. The molecule has 0 saturated carbocycles. The molecular formula is C19H21FN2O2. The lowest BCUT2D eigenvalue weighted by Crippen LogP contribution is -2.41. The number of nitrogens with one attached hydrogen (secondary N) is 1. The number of aryl methyl sites for hydroxylation is 1. The molecule has 0 unspecified atom stereocenters. The average molecular weight is 328 g/mol. The number of pyridine rings is 1. The number of piperidine rings is 1. The van der Waals surface area contributed by atoms with Crippen LogP contribution in [-0.2, 0) is 6.42 Å². The molecule has 4 nitrogen and oxygen atoms in total. The summed E-state index contributed by atoms with van der Waals surface area (Å²) in [6.45, 7) is 1.37. The number of benzene rings is 1. The number of likely N-dealkylation sites (tertiary alicyclic amines) is 1. The molecule has 5 heteroatoms. The van der Waals surface area contributed by atoms with Crippen LogP contribution in [0.1, 0.15) is 35.2 Å². The zero-order chi connectivity index (χ0) is 16.9. The molecule has 0 bridgehead atoms. The van der Waals surface area contributed by atoms with E-state index in [9.17, 15) is 14.0 Å². The van der Waals surface area contributed by atoms with Gasteiger partial charge in [0.15, 0.2) is 0 Å². The van der Waals surface area contributed by atoms with Crippen LogP contribution in [0, 0.1) is 11.7 Å². The first kappa shape index (κ1) is 16.4. The highest BCUT2D eigenvalue weighted by atomic mass is 19.1. The smallest absolute Gasteiger partial charge is 0.260 e. The molecule has 1 amide bonds. The quantitative estimate of drug-likeness (QED) is 0.938. The monoisotopic (exact) mass is 328 g/mol. The number of nitrogens with zero attached hydrogens (tertiary/aromatic N) is 1. The highest BCUT2D eigenvalue weighted by Gasteiger charge is 2.25. The Kier molecular flexibility index (Phi) is 5.08. The van der Waals surface area contributed by atoms with Gasteiger partial charge in [0.2, 0.25) is 0 Å². The zero-order valence-electron chi connectivity index (χ0n) is 13.5. The van der Waals surface area contributed by atoms with Crippen LogP contribution in [0.2, 0.25) is 0 Å². The van der Waals surface area contributed by atoms with E-state index in [1.54, 1.807) is 17.0 Å². The first-order valence-electron chi connectivity index (χ1n) is 8.35. The molecule has 0 spiro atoms. The van der Waals surface area contributed by atoms with E-state index in [1.165, 1.54) is 18.3 Å². The minimum absolute atomic E-state index is 0.191. The number of H-pyrrole nitrogens is 1. The van der Waals surface area contributed by atoms with Gasteiger partial charge in [-0.3, -0.25) is 9.59 Å². The van der Waals surface area contributed by atoms with E-state index in [-0.39, 0.29) is 22.8 Å². The Morgan fingerprint density at radius 1 is 1.25 bits per heavy atom. The first-order valence-corrected chi connectivity index (χ1v) is 8.35. The van der Waals surface area contributed by atoms with E-state index in [4.69, 9.17) is 0 Å². The highest BCUT2D eigenvalue weighted by molar-refractivity contribution is 5.93. The Hall–Kier alpha value is -2.43. The fourth-order valence-electron chi connectivity index (χ4n) is 3.27. The molecule has 1 atom stereocenters. The van der Waals surface area contributed by atoms with Crippen LogP contribution in [0.3, 0.4) is 0 Å². The van der Waals surface area contributed by atoms with Crippen LogP contribution in [0.25, 0.3) is 0 Å². The first-order chi connectivity index (χ1) is 11.6. The standard InChI is InChI=1S/C19H21FN2O2/c20-16-9-7-14(8-10-16)5-6-15-3-2-12-22(13-15)19(24)17-4-1-11-21-18(17)23/h1,4,7-11,15H,2-3,5-6,12-13H2,(H,21,23)/t15-/m0/s1. The van der Waals surface area contributed by atoms with E-state index in [1.807, 2.05) is 12.1 Å². The fourth-order valence-corrected chi connectivity index (χ4v) is 3.27. The zero-order valence-corrected chi connectivity index (χ0v) is 13.5. The molecule has 1 N–H and O–H groups in total. The number of aromatic nitrogens is 1. The lowest BCUT2D eigenvalue weighted by atomic mass is 9.91. The van der Waals surface area contributed by atoms with Crippen LogP contribution in [-0.4, -0.2) is 28.9 Å². The molecule has 3 rings (SSSR count). The fraction of sp³-hybridized carbons (Fsp3) is 0.368. The maximum atomic E-state index is 12.9. The summed E-state index contributed by atoms with van der Waals surface area (Å²) in [6, 6.07) is 9.82. The number of rotatable bonds is 4. The van der Waals surface area contributed by atoms with Crippen LogP contribution < -0.4 is 5.56 Å². The molecule has 2 aromatic rings. The van der Waals surface area contributed by atoms with Gasteiger partial charge in [0.05, 0.1) is 0 Å². The molecule has 1 fully saturated rings. The van der Waals surface area contributed by atoms with Gasteiger partial charge in [-0.05, 0) is 61.4 Å². The van der Waals surface area contributed by atoms with Gasteiger partial charge in [-0.15, -0.1) is 0 Å². The summed E-state index contributed by atoms with van der Waals surface area (Å²) in [5, 5.41) is 0. The molecule has 1 aromatic carbocycles. The van der Waals surface area contributed by atoms with Gasteiger partial charge in [0.25, 0.3) is 11.5 Å². The molecule has 0 aliphatic carbocycles. The van der Waals surface area contributed by atoms with E-state index < -0.39 is 0 Å². The number of hydrogen-bond donors (Lipinski definition) is 1. The summed E-state index contributed by atoms with van der Waals surface area (Å²) in [6.07, 6.45) is 5.39. The Bertz CT molecular complexity index is 754. The van der Waals surface area contributed by atoms with E-state index in [2.05, 4.69) is 4.98 Å². The predicted octanol–water partition coefficient (Wildman–Crippen LogP) is 3.00. The summed E-state index contributed by atoms with van der Waals surface area (Å²) in [7, 11) is 0. The summed E-state index contributed by atoms with van der Waals surface area (Å²) in [5.74, 6) is 0.000139. The number of carbonyl (C=O) groups excluding carboxylic acids is 1. The van der Waals surface area contributed by atoms with Gasteiger partial charge >= 0.3 is 0 Å². The minimum Gasteiger partial charge on any atom is -0.338 e. The molecule has 1 aliphatic heterocycles.